The molecule has 0 radical (unpaired) electrons. The fourth-order valence-corrected chi connectivity index (χ4v) is 4.97. The van der Waals surface area contributed by atoms with Gasteiger partial charge in [-0.15, -0.1) is 11.8 Å². The Hall–Kier alpha value is -4.14. The standard InChI is InChI=1S/C32H28BrN3O3S/c1-21-10-6-7-13-24(21)20-29(36-31(38)23-11-4-3-5-12-23)32(39)34-25-16-18-26(19-17-25)40-22(2)30(37)35-28-15-9-8-14-27(28)33/h3-20,22H,1-2H3,(H,34,39)(H,35,37)(H,36,38)/b29-20-. The summed E-state index contributed by atoms with van der Waals surface area (Å²) >= 11 is 4.85. The Labute approximate surface area is 246 Å². The van der Waals surface area contributed by atoms with Crippen molar-refractivity contribution in [2.45, 2.75) is 24.0 Å². The van der Waals surface area contributed by atoms with E-state index in [1.54, 1.807) is 42.5 Å². The first-order valence-corrected chi connectivity index (χ1v) is 14.2. The molecule has 0 heterocycles. The molecule has 3 amide bonds. The summed E-state index contributed by atoms with van der Waals surface area (Å²) in [6.45, 7) is 3.78. The number of benzene rings is 4. The van der Waals surface area contributed by atoms with E-state index < -0.39 is 5.91 Å². The number of anilines is 2. The maximum absolute atomic E-state index is 13.3. The molecule has 0 aliphatic carbocycles. The molecule has 6 nitrogen and oxygen atoms in total. The second kappa shape index (κ2) is 13.8. The Morgan fingerprint density at radius 2 is 1.45 bits per heavy atom. The van der Waals surface area contributed by atoms with Crippen molar-refractivity contribution in [3.05, 3.63) is 130 Å². The lowest BCUT2D eigenvalue weighted by Gasteiger charge is -2.14. The van der Waals surface area contributed by atoms with Crippen molar-refractivity contribution >= 4 is 62.9 Å². The van der Waals surface area contributed by atoms with Gasteiger partial charge in [0.25, 0.3) is 11.8 Å². The van der Waals surface area contributed by atoms with Crippen LogP contribution in [-0.4, -0.2) is 23.0 Å². The molecule has 40 heavy (non-hydrogen) atoms. The predicted octanol–water partition coefficient (Wildman–Crippen LogP) is 7.29. The monoisotopic (exact) mass is 613 g/mol. The van der Waals surface area contributed by atoms with Gasteiger partial charge in [-0.2, -0.15) is 0 Å². The Balaban J connectivity index is 1.44. The van der Waals surface area contributed by atoms with E-state index in [2.05, 4.69) is 31.9 Å². The van der Waals surface area contributed by atoms with Crippen molar-refractivity contribution < 1.29 is 14.4 Å². The summed E-state index contributed by atoms with van der Waals surface area (Å²) in [6, 6.07) is 31.0. The van der Waals surface area contributed by atoms with Gasteiger partial charge in [-0.25, -0.2) is 0 Å². The maximum Gasteiger partial charge on any atom is 0.272 e. The Morgan fingerprint density at radius 3 is 2.15 bits per heavy atom. The van der Waals surface area contributed by atoms with Crippen LogP contribution in [0.1, 0.15) is 28.4 Å². The zero-order valence-corrected chi connectivity index (χ0v) is 24.4. The summed E-state index contributed by atoms with van der Waals surface area (Å²) in [7, 11) is 0. The van der Waals surface area contributed by atoms with E-state index in [1.807, 2.05) is 80.6 Å². The largest absolute Gasteiger partial charge is 0.324 e. The van der Waals surface area contributed by atoms with Crippen LogP contribution in [0.3, 0.4) is 0 Å². The summed E-state index contributed by atoms with van der Waals surface area (Å²) < 4.78 is 0.816. The summed E-state index contributed by atoms with van der Waals surface area (Å²) in [4.78, 5) is 39.7. The molecule has 0 aliphatic heterocycles. The van der Waals surface area contributed by atoms with Gasteiger partial charge in [0.2, 0.25) is 5.91 Å². The van der Waals surface area contributed by atoms with Crippen molar-refractivity contribution in [3.63, 3.8) is 0 Å². The second-order valence-corrected chi connectivity index (χ2v) is 11.2. The van der Waals surface area contributed by atoms with Crippen LogP contribution in [0, 0.1) is 6.92 Å². The van der Waals surface area contributed by atoms with Crippen LogP contribution in [0.5, 0.6) is 0 Å². The van der Waals surface area contributed by atoms with E-state index in [9.17, 15) is 14.4 Å². The van der Waals surface area contributed by atoms with E-state index in [0.717, 1.165) is 20.5 Å². The van der Waals surface area contributed by atoms with Crippen molar-refractivity contribution in [3.8, 4) is 0 Å². The number of thioether (sulfide) groups is 1. The third-order valence-electron chi connectivity index (χ3n) is 5.94. The number of halogens is 1. The first kappa shape index (κ1) is 28.9. The van der Waals surface area contributed by atoms with E-state index in [1.165, 1.54) is 11.8 Å². The van der Waals surface area contributed by atoms with Crippen LogP contribution in [0.25, 0.3) is 6.08 Å². The first-order valence-electron chi connectivity index (χ1n) is 12.6. The van der Waals surface area contributed by atoms with Crippen molar-refractivity contribution in [2.24, 2.45) is 0 Å². The first-order chi connectivity index (χ1) is 19.3. The number of rotatable bonds is 9. The van der Waals surface area contributed by atoms with Gasteiger partial charge in [-0.3, -0.25) is 14.4 Å². The van der Waals surface area contributed by atoms with Crippen LogP contribution in [0.15, 0.2) is 118 Å². The highest BCUT2D eigenvalue weighted by Gasteiger charge is 2.17. The number of carbonyl (C=O) groups is 3. The SMILES string of the molecule is Cc1ccccc1/C=C(\NC(=O)c1ccccc1)C(=O)Nc1ccc(SC(C)C(=O)Nc2ccccc2Br)cc1. The Morgan fingerprint density at radius 1 is 0.800 bits per heavy atom. The minimum atomic E-state index is -0.450. The van der Waals surface area contributed by atoms with Crippen LogP contribution in [0.4, 0.5) is 11.4 Å². The molecule has 4 rings (SSSR count). The Kier molecular flexibility index (Phi) is 9.94. The fourth-order valence-electron chi connectivity index (χ4n) is 3.72. The quantitative estimate of drug-likeness (QED) is 0.137. The molecule has 202 valence electrons. The normalized spacial score (nSPS) is 11.8. The number of hydrogen-bond acceptors (Lipinski definition) is 4. The molecular weight excluding hydrogens is 586 g/mol. The highest BCUT2D eigenvalue weighted by Crippen LogP contribution is 2.27. The molecule has 0 bridgehead atoms. The van der Waals surface area contributed by atoms with Gasteiger partial charge in [-0.1, -0.05) is 54.6 Å². The van der Waals surface area contributed by atoms with Crippen LogP contribution < -0.4 is 16.0 Å². The maximum atomic E-state index is 13.3. The lowest BCUT2D eigenvalue weighted by molar-refractivity contribution is -0.115. The van der Waals surface area contributed by atoms with Crippen molar-refractivity contribution in [1.29, 1.82) is 0 Å². The molecule has 0 aromatic heterocycles. The smallest absolute Gasteiger partial charge is 0.272 e. The molecule has 8 heteroatoms. The van der Waals surface area contributed by atoms with Crippen molar-refractivity contribution in [1.82, 2.24) is 5.32 Å². The second-order valence-electron chi connectivity index (χ2n) is 8.94. The van der Waals surface area contributed by atoms with Crippen LogP contribution in [0.2, 0.25) is 0 Å². The molecule has 4 aromatic rings. The molecule has 0 aliphatic rings. The van der Waals surface area contributed by atoms with Gasteiger partial charge in [0, 0.05) is 20.6 Å². The van der Waals surface area contributed by atoms with Gasteiger partial charge < -0.3 is 16.0 Å². The third-order valence-corrected chi connectivity index (χ3v) is 7.75. The van der Waals surface area contributed by atoms with E-state index >= 15 is 0 Å². The van der Waals surface area contributed by atoms with Crippen LogP contribution >= 0.6 is 27.7 Å². The lowest BCUT2D eigenvalue weighted by atomic mass is 10.1. The van der Waals surface area contributed by atoms with E-state index in [-0.39, 0.29) is 22.8 Å². The van der Waals surface area contributed by atoms with Crippen molar-refractivity contribution in [2.75, 3.05) is 10.6 Å². The number of amides is 3. The van der Waals surface area contributed by atoms with Gasteiger partial charge in [0.05, 0.1) is 10.9 Å². The van der Waals surface area contributed by atoms with Gasteiger partial charge in [0.15, 0.2) is 0 Å². The summed E-state index contributed by atoms with van der Waals surface area (Å²) in [5.74, 6) is -0.944. The summed E-state index contributed by atoms with van der Waals surface area (Å²) in [6.07, 6.45) is 1.67. The average Bonchev–Trinajstić information content (AvgIpc) is 2.96. The fraction of sp³-hybridized carbons (Fsp3) is 0.0938. The highest BCUT2D eigenvalue weighted by molar-refractivity contribution is 9.10. The lowest BCUT2D eigenvalue weighted by Crippen LogP contribution is -2.30. The van der Waals surface area contributed by atoms with E-state index in [0.29, 0.717) is 16.9 Å². The minimum absolute atomic E-state index is 0.116. The third kappa shape index (κ3) is 7.94. The molecule has 3 N–H and O–H groups in total. The van der Waals surface area contributed by atoms with Gasteiger partial charge in [-0.05, 0) is 95.5 Å². The molecule has 1 unspecified atom stereocenters. The number of nitrogens with one attached hydrogen (secondary N) is 3. The number of aryl methyl sites for hydroxylation is 1. The Bertz CT molecular complexity index is 1540. The molecule has 0 fully saturated rings. The van der Waals surface area contributed by atoms with E-state index in [4.69, 9.17) is 0 Å². The molecule has 4 aromatic carbocycles. The van der Waals surface area contributed by atoms with Gasteiger partial charge in [0.1, 0.15) is 5.70 Å². The molecular formula is C32H28BrN3O3S. The predicted molar refractivity (Wildman–Crippen MR) is 166 cm³/mol. The minimum Gasteiger partial charge on any atom is -0.324 e. The zero-order chi connectivity index (χ0) is 28.5. The molecule has 0 spiro atoms. The molecule has 0 saturated heterocycles. The number of para-hydroxylation sites is 1. The molecule has 0 saturated carbocycles. The topological polar surface area (TPSA) is 87.3 Å². The van der Waals surface area contributed by atoms with Gasteiger partial charge >= 0.3 is 0 Å². The molecule has 1 atom stereocenters. The summed E-state index contributed by atoms with van der Waals surface area (Å²) in [5, 5.41) is 8.21. The number of hydrogen-bond donors (Lipinski definition) is 3. The average molecular weight is 615 g/mol. The zero-order valence-electron chi connectivity index (χ0n) is 22.0. The summed E-state index contributed by atoms with van der Waals surface area (Å²) in [5.41, 5.74) is 3.64. The highest BCUT2D eigenvalue weighted by atomic mass is 79.9. The van der Waals surface area contributed by atoms with Crippen LogP contribution in [-0.2, 0) is 9.59 Å². The number of carbonyl (C=O) groups excluding carboxylic acids is 3.